The Balaban J connectivity index is 2.57. The van der Waals surface area contributed by atoms with E-state index < -0.39 is 5.97 Å². The van der Waals surface area contributed by atoms with Gasteiger partial charge in [0.2, 0.25) is 5.76 Å². The van der Waals surface area contributed by atoms with Crippen LogP contribution in [0.1, 0.15) is 80.3 Å². The molecule has 25 heavy (non-hydrogen) atoms. The summed E-state index contributed by atoms with van der Waals surface area (Å²) in [5.41, 5.74) is 1.70. The first-order chi connectivity index (χ1) is 11.9. The van der Waals surface area contributed by atoms with Gasteiger partial charge in [0.25, 0.3) is 0 Å². The van der Waals surface area contributed by atoms with Gasteiger partial charge in [-0.25, -0.2) is 4.79 Å². The van der Waals surface area contributed by atoms with Crippen LogP contribution < -0.4 is 0 Å². The summed E-state index contributed by atoms with van der Waals surface area (Å²) in [6.07, 6.45) is 2.60. The molecule has 1 aromatic carbocycles. The lowest BCUT2D eigenvalue weighted by Crippen LogP contribution is -2.25. The lowest BCUT2D eigenvalue weighted by atomic mass is 9.73. The maximum Gasteiger partial charge on any atom is 0.373 e. The zero-order valence-corrected chi connectivity index (χ0v) is 15.8. The maximum absolute atomic E-state index is 11.7. The van der Waals surface area contributed by atoms with Gasteiger partial charge in [0, 0.05) is 0 Å². The molecular formula is C21H28O4. The van der Waals surface area contributed by atoms with E-state index >= 15 is 0 Å². The topological polar surface area (TPSA) is 59.7 Å². The monoisotopic (exact) mass is 344 g/mol. The van der Waals surface area contributed by atoms with E-state index in [9.17, 15) is 9.90 Å². The van der Waals surface area contributed by atoms with Gasteiger partial charge < -0.3 is 14.3 Å². The van der Waals surface area contributed by atoms with E-state index in [1.165, 1.54) is 7.11 Å². The van der Waals surface area contributed by atoms with Crippen molar-refractivity contribution in [1.29, 1.82) is 0 Å². The second kappa shape index (κ2) is 7.77. The Morgan fingerprint density at radius 1 is 1.20 bits per heavy atom. The van der Waals surface area contributed by atoms with Gasteiger partial charge in [-0.15, -0.1) is 0 Å². The van der Waals surface area contributed by atoms with Gasteiger partial charge in [-0.3, -0.25) is 0 Å². The number of carbonyl (C=O) groups excluding carboxylic acids is 1. The zero-order valence-electron chi connectivity index (χ0n) is 15.8. The molecule has 0 saturated heterocycles. The number of aromatic hydroxyl groups is 1. The minimum Gasteiger partial charge on any atom is -0.508 e. The molecule has 0 aliphatic rings. The number of hydrogen-bond donors (Lipinski definition) is 1. The number of ether oxygens (including phenoxy) is 1. The summed E-state index contributed by atoms with van der Waals surface area (Å²) in [5, 5.41) is 10.2. The highest BCUT2D eigenvalue weighted by Crippen LogP contribution is 2.42. The predicted octanol–water partition coefficient (Wildman–Crippen LogP) is 5.39. The lowest BCUT2D eigenvalue weighted by molar-refractivity contribution is 0.0560. The number of phenolic OH excluding ortho intramolecular Hbond substituents is 1. The first kappa shape index (κ1) is 19.1. The fraction of sp³-hybridized carbons (Fsp3) is 0.476. The summed E-state index contributed by atoms with van der Waals surface area (Å²) < 4.78 is 10.6. The largest absolute Gasteiger partial charge is 0.508 e. The van der Waals surface area contributed by atoms with Crippen LogP contribution in [0.3, 0.4) is 0 Å². The lowest BCUT2D eigenvalue weighted by Gasteiger charge is -2.31. The Bertz CT molecular complexity index is 725. The van der Waals surface area contributed by atoms with Crippen LogP contribution in [0.5, 0.6) is 5.75 Å². The summed E-state index contributed by atoms with van der Waals surface area (Å²) in [5.74, 6) is 1.09. The number of phenols is 1. The average Bonchev–Trinajstić information content (AvgIpc) is 3.13. The zero-order chi connectivity index (χ0) is 18.6. The van der Waals surface area contributed by atoms with Crippen molar-refractivity contribution in [1.82, 2.24) is 0 Å². The fourth-order valence-corrected chi connectivity index (χ4v) is 3.42. The molecule has 4 heteroatoms. The van der Waals surface area contributed by atoms with Crippen LogP contribution in [0.2, 0.25) is 0 Å². The van der Waals surface area contributed by atoms with Crippen molar-refractivity contribution in [3.8, 4) is 5.75 Å². The van der Waals surface area contributed by atoms with Crippen LogP contribution in [-0.2, 0) is 10.2 Å². The molecule has 2 aromatic rings. The van der Waals surface area contributed by atoms with E-state index in [1.54, 1.807) is 12.1 Å². The fourth-order valence-electron chi connectivity index (χ4n) is 3.42. The van der Waals surface area contributed by atoms with Crippen molar-refractivity contribution in [3.05, 3.63) is 53.0 Å². The highest BCUT2D eigenvalue weighted by molar-refractivity contribution is 5.86. The molecule has 1 atom stereocenters. The summed E-state index contributed by atoms with van der Waals surface area (Å²) in [4.78, 5) is 11.7. The van der Waals surface area contributed by atoms with E-state index in [0.717, 1.165) is 36.1 Å². The van der Waals surface area contributed by atoms with Gasteiger partial charge in [0.1, 0.15) is 11.5 Å². The molecular weight excluding hydrogens is 316 g/mol. The van der Waals surface area contributed by atoms with Gasteiger partial charge in [0.15, 0.2) is 0 Å². The Morgan fingerprint density at radius 3 is 2.44 bits per heavy atom. The molecule has 0 amide bonds. The minimum absolute atomic E-state index is 0.213. The highest BCUT2D eigenvalue weighted by atomic mass is 16.5. The van der Waals surface area contributed by atoms with Crippen LogP contribution >= 0.6 is 0 Å². The third-order valence-corrected chi connectivity index (χ3v) is 5.39. The molecule has 2 rings (SSSR count). The number of benzene rings is 1. The van der Waals surface area contributed by atoms with Crippen molar-refractivity contribution >= 4 is 5.97 Å². The van der Waals surface area contributed by atoms with Crippen molar-refractivity contribution < 1.29 is 19.1 Å². The molecule has 1 heterocycles. The molecule has 0 aliphatic heterocycles. The molecule has 1 aromatic heterocycles. The molecule has 0 saturated carbocycles. The van der Waals surface area contributed by atoms with E-state index in [1.807, 2.05) is 12.1 Å². The molecule has 1 N–H and O–H groups in total. The molecule has 0 spiro atoms. The number of hydrogen-bond acceptors (Lipinski definition) is 4. The second-order valence-electron chi connectivity index (χ2n) is 6.53. The Kier molecular flexibility index (Phi) is 5.93. The second-order valence-corrected chi connectivity index (χ2v) is 6.53. The summed E-state index contributed by atoms with van der Waals surface area (Å²) in [6, 6.07) is 9.32. The van der Waals surface area contributed by atoms with E-state index in [-0.39, 0.29) is 17.1 Å². The third kappa shape index (κ3) is 3.44. The first-order valence-corrected chi connectivity index (χ1v) is 8.95. The van der Waals surface area contributed by atoms with Crippen LogP contribution in [0, 0.1) is 0 Å². The number of carbonyl (C=O) groups is 1. The highest BCUT2D eigenvalue weighted by Gasteiger charge is 2.35. The summed E-state index contributed by atoms with van der Waals surface area (Å²) >= 11 is 0. The Labute approximate surface area is 149 Å². The van der Waals surface area contributed by atoms with Gasteiger partial charge in [-0.1, -0.05) is 39.8 Å². The third-order valence-electron chi connectivity index (χ3n) is 5.39. The standard InChI is InChI=1S/C21H28O4/c1-6-14(4)16-13-15(9-10-17(16)22)21(7-2,8-3)19-12-11-18(25-19)20(23)24-5/h9-14,22H,6-8H2,1-5H3. The van der Waals surface area contributed by atoms with Gasteiger partial charge >= 0.3 is 5.97 Å². The smallest absolute Gasteiger partial charge is 0.373 e. The molecule has 0 fully saturated rings. The summed E-state index contributed by atoms with van der Waals surface area (Å²) in [6.45, 7) is 8.44. The molecule has 136 valence electrons. The first-order valence-electron chi connectivity index (χ1n) is 8.95. The normalized spacial score (nSPS) is 12.8. The number of methoxy groups -OCH3 is 1. The molecule has 1 unspecified atom stereocenters. The van der Waals surface area contributed by atoms with E-state index in [2.05, 4.69) is 33.8 Å². The number of rotatable bonds is 7. The Hall–Kier alpha value is -2.23. The quantitative estimate of drug-likeness (QED) is 0.684. The SMILES string of the molecule is CCC(C)c1cc(C(CC)(CC)c2ccc(C(=O)OC)o2)ccc1O. The molecule has 0 aliphatic carbocycles. The average molecular weight is 344 g/mol. The number of furan rings is 1. The summed E-state index contributed by atoms with van der Waals surface area (Å²) in [7, 11) is 1.34. The van der Waals surface area contributed by atoms with Crippen LogP contribution in [0.25, 0.3) is 0 Å². The molecule has 0 bridgehead atoms. The minimum atomic E-state index is -0.474. The van der Waals surface area contributed by atoms with E-state index in [4.69, 9.17) is 9.15 Å². The molecule has 0 radical (unpaired) electrons. The molecule has 4 nitrogen and oxygen atoms in total. The van der Waals surface area contributed by atoms with Crippen molar-refractivity contribution in [3.63, 3.8) is 0 Å². The van der Waals surface area contributed by atoms with Crippen molar-refractivity contribution in [2.45, 2.75) is 58.3 Å². The van der Waals surface area contributed by atoms with Crippen LogP contribution in [-0.4, -0.2) is 18.2 Å². The van der Waals surface area contributed by atoms with E-state index in [0.29, 0.717) is 5.75 Å². The maximum atomic E-state index is 11.7. The van der Waals surface area contributed by atoms with Crippen molar-refractivity contribution in [2.24, 2.45) is 0 Å². The van der Waals surface area contributed by atoms with Crippen molar-refractivity contribution in [2.75, 3.05) is 7.11 Å². The number of esters is 1. The predicted molar refractivity (Wildman–Crippen MR) is 98.2 cm³/mol. The Morgan fingerprint density at radius 2 is 1.88 bits per heavy atom. The van der Waals surface area contributed by atoms with Crippen LogP contribution in [0.15, 0.2) is 34.7 Å². The van der Waals surface area contributed by atoms with Gasteiger partial charge in [-0.2, -0.15) is 0 Å². The van der Waals surface area contributed by atoms with Gasteiger partial charge in [-0.05, 0) is 54.5 Å². The van der Waals surface area contributed by atoms with Gasteiger partial charge in [0.05, 0.1) is 12.5 Å². The van der Waals surface area contributed by atoms with Crippen LogP contribution in [0.4, 0.5) is 0 Å².